The van der Waals surface area contributed by atoms with Gasteiger partial charge in [0.25, 0.3) is 5.91 Å². The van der Waals surface area contributed by atoms with E-state index in [1.165, 1.54) is 0 Å². The van der Waals surface area contributed by atoms with Gasteiger partial charge in [0, 0.05) is 30.1 Å². The highest BCUT2D eigenvalue weighted by molar-refractivity contribution is 5.98. The van der Waals surface area contributed by atoms with Crippen LogP contribution in [0.1, 0.15) is 39.1 Å². The van der Waals surface area contributed by atoms with Gasteiger partial charge in [0.05, 0.1) is 0 Å². The fraction of sp³-hybridized carbons (Fsp3) is 0.300. The number of ketones is 1. The molecule has 1 fully saturated rings. The number of amides is 1. The lowest BCUT2D eigenvalue weighted by atomic mass is 9.88. The third-order valence-electron chi connectivity index (χ3n) is 4.59. The van der Waals surface area contributed by atoms with Gasteiger partial charge in [0.15, 0.2) is 5.78 Å². The molecule has 3 nitrogen and oxygen atoms in total. The summed E-state index contributed by atoms with van der Waals surface area (Å²) in [5.74, 6) is 0.306. The van der Waals surface area contributed by atoms with Gasteiger partial charge in [-0.3, -0.25) is 9.59 Å². The molecule has 2 aromatic carbocycles. The Morgan fingerprint density at radius 3 is 2.17 bits per heavy atom. The monoisotopic (exact) mass is 307 g/mol. The van der Waals surface area contributed by atoms with Crippen molar-refractivity contribution >= 4 is 11.7 Å². The molecule has 1 heterocycles. The minimum absolute atomic E-state index is 0.0262. The summed E-state index contributed by atoms with van der Waals surface area (Å²) in [4.78, 5) is 27.0. The number of hydrogen-bond acceptors (Lipinski definition) is 2. The Labute approximate surface area is 136 Å². The van der Waals surface area contributed by atoms with Crippen molar-refractivity contribution in [3.63, 3.8) is 0 Å². The van der Waals surface area contributed by atoms with E-state index in [1.54, 1.807) is 0 Å². The molecule has 23 heavy (non-hydrogen) atoms. The van der Waals surface area contributed by atoms with Crippen LogP contribution >= 0.6 is 0 Å². The van der Waals surface area contributed by atoms with Crippen molar-refractivity contribution in [2.24, 2.45) is 5.92 Å². The fourth-order valence-corrected chi connectivity index (χ4v) is 3.17. The second-order valence-corrected chi connectivity index (χ2v) is 6.11. The van der Waals surface area contributed by atoms with Crippen LogP contribution in [0.3, 0.4) is 0 Å². The van der Waals surface area contributed by atoms with Crippen molar-refractivity contribution in [2.75, 3.05) is 13.1 Å². The van der Waals surface area contributed by atoms with Crippen LogP contribution in [0.5, 0.6) is 0 Å². The molecule has 0 unspecified atom stereocenters. The zero-order valence-electron chi connectivity index (χ0n) is 13.4. The van der Waals surface area contributed by atoms with Crippen LogP contribution < -0.4 is 0 Å². The van der Waals surface area contributed by atoms with Gasteiger partial charge < -0.3 is 4.90 Å². The molecular formula is C20H21NO2. The summed E-state index contributed by atoms with van der Waals surface area (Å²) in [5.41, 5.74) is 2.54. The third kappa shape index (κ3) is 3.34. The number of nitrogens with zero attached hydrogens (tertiary/aromatic N) is 1. The van der Waals surface area contributed by atoms with Crippen LogP contribution in [0.4, 0.5) is 0 Å². The van der Waals surface area contributed by atoms with Crippen molar-refractivity contribution in [1.29, 1.82) is 0 Å². The van der Waals surface area contributed by atoms with Crippen LogP contribution in [0, 0.1) is 12.8 Å². The van der Waals surface area contributed by atoms with Crippen LogP contribution in [0.15, 0.2) is 54.6 Å². The minimum atomic E-state index is 0.0262. The molecule has 0 saturated carbocycles. The summed E-state index contributed by atoms with van der Waals surface area (Å²) in [6.07, 6.45) is 1.48. The minimum Gasteiger partial charge on any atom is -0.339 e. The van der Waals surface area contributed by atoms with E-state index in [0.717, 1.165) is 29.5 Å². The predicted molar refractivity (Wildman–Crippen MR) is 90.6 cm³/mol. The second-order valence-electron chi connectivity index (χ2n) is 6.11. The van der Waals surface area contributed by atoms with Crippen molar-refractivity contribution in [3.05, 3.63) is 71.3 Å². The first kappa shape index (κ1) is 15.5. The van der Waals surface area contributed by atoms with Gasteiger partial charge >= 0.3 is 0 Å². The van der Waals surface area contributed by atoms with Crippen molar-refractivity contribution in [2.45, 2.75) is 19.8 Å². The number of hydrogen-bond donors (Lipinski definition) is 0. The molecule has 0 radical (unpaired) electrons. The number of Topliss-reactive ketones (excluding diaryl/α,β-unsaturated/α-hetero) is 1. The number of benzene rings is 2. The zero-order valence-corrected chi connectivity index (χ0v) is 13.4. The second kappa shape index (κ2) is 6.78. The van der Waals surface area contributed by atoms with E-state index in [2.05, 4.69) is 0 Å². The summed E-state index contributed by atoms with van der Waals surface area (Å²) >= 11 is 0. The number of likely N-dealkylation sites (tertiary alicyclic amines) is 1. The molecule has 0 aromatic heterocycles. The SMILES string of the molecule is Cc1ccccc1C(=O)N1CCC(C(=O)c2ccccc2)CC1. The smallest absolute Gasteiger partial charge is 0.254 e. The Hall–Kier alpha value is -2.42. The molecular weight excluding hydrogens is 286 g/mol. The summed E-state index contributed by atoms with van der Waals surface area (Å²) in [6, 6.07) is 17.1. The fourth-order valence-electron chi connectivity index (χ4n) is 3.17. The Kier molecular flexibility index (Phi) is 4.56. The Morgan fingerprint density at radius 2 is 1.52 bits per heavy atom. The van der Waals surface area contributed by atoms with Crippen LogP contribution in [0.25, 0.3) is 0 Å². The summed E-state index contributed by atoms with van der Waals surface area (Å²) in [7, 11) is 0. The molecule has 1 aliphatic heterocycles. The highest BCUT2D eigenvalue weighted by Crippen LogP contribution is 2.23. The lowest BCUT2D eigenvalue weighted by molar-refractivity contribution is 0.0649. The average molecular weight is 307 g/mol. The molecule has 0 N–H and O–H groups in total. The molecule has 2 aromatic rings. The molecule has 0 bridgehead atoms. The van der Waals surface area contributed by atoms with Crippen LogP contribution in [-0.2, 0) is 0 Å². The highest BCUT2D eigenvalue weighted by atomic mass is 16.2. The van der Waals surface area contributed by atoms with E-state index in [9.17, 15) is 9.59 Å². The Bertz CT molecular complexity index is 701. The molecule has 1 saturated heterocycles. The summed E-state index contributed by atoms with van der Waals surface area (Å²) in [6.45, 7) is 3.26. The molecule has 3 rings (SSSR count). The first-order chi connectivity index (χ1) is 11.2. The molecule has 1 amide bonds. The topological polar surface area (TPSA) is 37.4 Å². The number of carbonyl (C=O) groups is 2. The lowest BCUT2D eigenvalue weighted by Crippen LogP contribution is -2.40. The van der Waals surface area contributed by atoms with Gasteiger partial charge in [-0.1, -0.05) is 48.5 Å². The van der Waals surface area contributed by atoms with E-state index in [0.29, 0.717) is 13.1 Å². The van der Waals surface area contributed by atoms with Crippen LogP contribution in [0.2, 0.25) is 0 Å². The molecule has 0 spiro atoms. The maximum Gasteiger partial charge on any atom is 0.254 e. The van der Waals surface area contributed by atoms with Gasteiger partial charge in [0.1, 0.15) is 0 Å². The molecule has 1 aliphatic rings. The predicted octanol–water partition coefficient (Wildman–Crippen LogP) is 3.73. The standard InChI is InChI=1S/C20H21NO2/c1-15-7-5-6-10-18(15)20(23)21-13-11-17(12-14-21)19(22)16-8-3-2-4-9-16/h2-10,17H,11-14H2,1H3. The van der Waals surface area contributed by atoms with Crippen molar-refractivity contribution in [3.8, 4) is 0 Å². The molecule has 118 valence electrons. The van der Waals surface area contributed by atoms with Gasteiger partial charge in [-0.25, -0.2) is 0 Å². The molecule has 0 atom stereocenters. The van der Waals surface area contributed by atoms with E-state index in [4.69, 9.17) is 0 Å². The number of piperidine rings is 1. The van der Waals surface area contributed by atoms with Crippen LogP contribution in [-0.4, -0.2) is 29.7 Å². The average Bonchev–Trinajstić information content (AvgIpc) is 2.62. The first-order valence-electron chi connectivity index (χ1n) is 8.11. The molecule has 0 aliphatic carbocycles. The number of aryl methyl sites for hydroxylation is 1. The Balaban J connectivity index is 1.64. The zero-order chi connectivity index (χ0) is 16.2. The maximum atomic E-state index is 12.6. The van der Waals surface area contributed by atoms with Gasteiger partial charge in [-0.15, -0.1) is 0 Å². The normalized spacial score (nSPS) is 15.4. The van der Waals surface area contributed by atoms with Crippen molar-refractivity contribution < 1.29 is 9.59 Å². The van der Waals surface area contributed by atoms with Gasteiger partial charge in [-0.2, -0.15) is 0 Å². The van der Waals surface area contributed by atoms with Gasteiger partial charge in [-0.05, 0) is 31.4 Å². The summed E-state index contributed by atoms with van der Waals surface area (Å²) in [5, 5.41) is 0. The maximum absolute atomic E-state index is 12.6. The van der Waals surface area contributed by atoms with E-state index in [-0.39, 0.29) is 17.6 Å². The van der Waals surface area contributed by atoms with E-state index < -0.39 is 0 Å². The third-order valence-corrected chi connectivity index (χ3v) is 4.59. The number of carbonyl (C=O) groups excluding carboxylic acids is 2. The Morgan fingerprint density at radius 1 is 0.913 bits per heavy atom. The van der Waals surface area contributed by atoms with E-state index in [1.807, 2.05) is 66.4 Å². The van der Waals surface area contributed by atoms with E-state index >= 15 is 0 Å². The first-order valence-corrected chi connectivity index (χ1v) is 8.11. The largest absolute Gasteiger partial charge is 0.339 e. The molecule has 3 heteroatoms. The van der Waals surface area contributed by atoms with Crippen molar-refractivity contribution in [1.82, 2.24) is 4.90 Å². The lowest BCUT2D eigenvalue weighted by Gasteiger charge is -2.31. The highest BCUT2D eigenvalue weighted by Gasteiger charge is 2.28. The van der Waals surface area contributed by atoms with Gasteiger partial charge in [0.2, 0.25) is 0 Å². The summed E-state index contributed by atoms with van der Waals surface area (Å²) < 4.78 is 0. The quantitative estimate of drug-likeness (QED) is 0.810. The number of rotatable bonds is 3.